The van der Waals surface area contributed by atoms with Crippen molar-refractivity contribution in [2.75, 3.05) is 36.1 Å². The van der Waals surface area contributed by atoms with Crippen LogP contribution in [0.1, 0.15) is 72.4 Å². The van der Waals surface area contributed by atoms with Gasteiger partial charge in [0.2, 0.25) is 11.8 Å². The lowest BCUT2D eigenvalue weighted by molar-refractivity contribution is -0.118. The third-order valence-electron chi connectivity index (χ3n) is 8.16. The van der Waals surface area contributed by atoms with Gasteiger partial charge in [0, 0.05) is 18.6 Å². The number of hydrogen-bond donors (Lipinski definition) is 0. The summed E-state index contributed by atoms with van der Waals surface area (Å²) in [6.07, 6.45) is 1.68. The molecule has 1 aliphatic rings. The maximum atomic E-state index is 12.1. The molecule has 16 heteroatoms. The van der Waals surface area contributed by atoms with Gasteiger partial charge in [0.05, 0.1) is 39.3 Å². The van der Waals surface area contributed by atoms with Crippen LogP contribution in [0.5, 0.6) is 11.5 Å². The fourth-order valence-electron chi connectivity index (χ4n) is 5.52. The van der Waals surface area contributed by atoms with Gasteiger partial charge in [-0.1, -0.05) is 111 Å². The van der Waals surface area contributed by atoms with Gasteiger partial charge in [-0.05, 0) is 62.9 Å². The first-order valence-corrected chi connectivity index (χ1v) is 20.1. The molecule has 0 fully saturated rings. The van der Waals surface area contributed by atoms with Crippen molar-refractivity contribution in [1.82, 2.24) is 9.78 Å². The van der Waals surface area contributed by atoms with Crippen LogP contribution in [0.25, 0.3) is 5.69 Å². The van der Waals surface area contributed by atoms with Crippen LogP contribution >= 0.6 is 58.0 Å². The summed E-state index contributed by atoms with van der Waals surface area (Å²) in [7, 11) is 1.58. The Morgan fingerprint density at radius 2 is 1.61 bits per heavy atom. The van der Waals surface area contributed by atoms with Gasteiger partial charge >= 0.3 is 5.76 Å². The van der Waals surface area contributed by atoms with Gasteiger partial charge in [-0.25, -0.2) is 4.79 Å². The first-order chi connectivity index (χ1) is 26.4. The Morgan fingerprint density at radius 3 is 2.12 bits per heavy atom. The van der Waals surface area contributed by atoms with E-state index in [0.29, 0.717) is 34.7 Å². The zero-order valence-corrected chi connectivity index (χ0v) is 36.8. The molecule has 306 valence electrons. The lowest BCUT2D eigenvalue weighted by Crippen LogP contribution is -2.47. The van der Waals surface area contributed by atoms with Crippen molar-refractivity contribution in [2.24, 2.45) is 0 Å². The Kier molecular flexibility index (Phi) is 17.9. The number of halogens is 5. The molecule has 11 nitrogen and oxygen atoms in total. The predicted molar refractivity (Wildman–Crippen MR) is 226 cm³/mol. The number of carbonyl (C=O) groups is 2. The molecule has 2 amide bonds. The van der Waals surface area contributed by atoms with Crippen molar-refractivity contribution in [1.29, 1.82) is 0 Å². The number of ether oxygens (including phenoxy) is 3. The van der Waals surface area contributed by atoms with Crippen molar-refractivity contribution in [3.8, 4) is 17.2 Å². The number of benzene rings is 3. The maximum Gasteiger partial charge on any atom is 0.442 e. The minimum atomic E-state index is -1.05. The smallest absolute Gasteiger partial charge is 0.442 e. The van der Waals surface area contributed by atoms with Crippen LogP contribution in [-0.2, 0) is 32.6 Å². The van der Waals surface area contributed by atoms with E-state index in [4.69, 9.17) is 76.6 Å². The van der Waals surface area contributed by atoms with Crippen LogP contribution in [-0.4, -0.2) is 64.9 Å². The van der Waals surface area contributed by atoms with Gasteiger partial charge in [-0.2, -0.15) is 4.68 Å². The fourth-order valence-corrected chi connectivity index (χ4v) is 6.39. The number of nitrogens with zero attached hydrogens (tertiary/aromatic N) is 4. The number of rotatable bonds is 10. The number of fused-ring (bicyclic) bond motifs is 1. The van der Waals surface area contributed by atoms with Crippen LogP contribution < -0.4 is 25.0 Å². The van der Waals surface area contributed by atoms with Gasteiger partial charge in [0.1, 0.15) is 30.7 Å². The minimum absolute atomic E-state index is 0.0371. The normalized spacial score (nSPS) is 13.6. The van der Waals surface area contributed by atoms with Crippen LogP contribution in [0.2, 0.25) is 10.0 Å². The van der Waals surface area contributed by atoms with E-state index in [1.54, 1.807) is 23.0 Å². The topological polar surface area (TPSA) is 116 Å². The molecular formula is C40H49Cl5N4O7. The highest BCUT2D eigenvalue weighted by molar-refractivity contribution is 6.54. The summed E-state index contributed by atoms with van der Waals surface area (Å²) in [4.78, 5) is 38.1. The number of hydrogen-bond acceptors (Lipinski definition) is 8. The molecule has 5 rings (SSSR count). The number of amides is 2. The van der Waals surface area contributed by atoms with Gasteiger partial charge in [-0.3, -0.25) is 14.5 Å². The zero-order chi connectivity index (χ0) is 41.9. The molecule has 0 spiro atoms. The van der Waals surface area contributed by atoms with Gasteiger partial charge < -0.3 is 23.5 Å². The second-order valence-electron chi connectivity index (χ2n) is 13.9. The van der Waals surface area contributed by atoms with E-state index in [9.17, 15) is 14.4 Å². The fraction of sp³-hybridized carbons (Fsp3) is 0.450. The van der Waals surface area contributed by atoms with E-state index in [-0.39, 0.29) is 47.0 Å². The molecule has 0 bridgehead atoms. The Hall–Kier alpha value is -3.45. The van der Waals surface area contributed by atoms with Crippen molar-refractivity contribution in [2.45, 2.75) is 90.6 Å². The molecule has 1 aromatic heterocycles. The summed E-state index contributed by atoms with van der Waals surface area (Å²) < 4.78 is 22.6. The highest BCUT2D eigenvalue weighted by atomic mass is 35.5. The third-order valence-corrected chi connectivity index (χ3v) is 9.36. The molecular weight excluding hydrogens is 826 g/mol. The molecule has 1 unspecified atom stereocenters. The number of alkyl halides is 3. The third kappa shape index (κ3) is 12.0. The van der Waals surface area contributed by atoms with Crippen LogP contribution in [0.15, 0.2) is 63.8 Å². The summed E-state index contributed by atoms with van der Waals surface area (Å²) in [6, 6.07) is 16.5. The van der Waals surface area contributed by atoms with Gasteiger partial charge in [-0.15, -0.1) is 16.7 Å². The zero-order valence-electron chi connectivity index (χ0n) is 33.0. The van der Waals surface area contributed by atoms with Gasteiger partial charge in [0.15, 0.2) is 4.84 Å². The molecule has 0 N–H and O–H groups in total. The Balaban J connectivity index is 0.000000228. The monoisotopic (exact) mass is 872 g/mol. The Labute approximate surface area is 353 Å². The molecule has 0 saturated carbocycles. The minimum Gasteiger partial charge on any atom is -0.489 e. The predicted octanol–water partition coefficient (Wildman–Crippen LogP) is 9.81. The molecule has 0 saturated heterocycles. The standard InChI is InChI=1S/C15H18Cl2N2O3.C14H20ClNO2.C11H11Cl2NO2/c1-8(2)21-12-7-11(9(16)6-10(12)17)19-14(20)22-13(18-19)15(3,4)5;1-4-11-7-6-8-12(5-2)14(11)16(10-18-3)13(17)9-15;1-7-6-16-9-5-3-2-4-8(9)14(7)11(15)10(12)13/h6-8H,1-5H3;6-8H,4-5,9-10H2,1-3H3;2-5,7,10H,6H2,1H3. The molecule has 1 atom stereocenters. The molecule has 4 aromatic rings. The van der Waals surface area contributed by atoms with E-state index < -0.39 is 10.6 Å². The number of anilines is 2. The summed E-state index contributed by atoms with van der Waals surface area (Å²) >= 11 is 29.2. The lowest BCUT2D eigenvalue weighted by Gasteiger charge is -2.35. The number of para-hydroxylation sites is 3. The van der Waals surface area contributed by atoms with Gasteiger partial charge in [0.25, 0.3) is 5.91 Å². The second-order valence-corrected chi connectivity index (χ2v) is 16.1. The average Bonchev–Trinajstić information content (AvgIpc) is 3.56. The average molecular weight is 875 g/mol. The first-order valence-electron chi connectivity index (χ1n) is 18.0. The number of carbonyl (C=O) groups excluding carboxylic acids is 2. The second kappa shape index (κ2) is 21.3. The highest BCUT2D eigenvalue weighted by Gasteiger charge is 2.32. The summed E-state index contributed by atoms with van der Waals surface area (Å²) in [5.74, 6) is 0.358. The molecule has 56 heavy (non-hydrogen) atoms. The van der Waals surface area contributed by atoms with E-state index in [1.165, 1.54) is 6.07 Å². The summed E-state index contributed by atoms with van der Waals surface area (Å²) in [5, 5.41) is 4.88. The Morgan fingerprint density at radius 1 is 0.982 bits per heavy atom. The van der Waals surface area contributed by atoms with Crippen molar-refractivity contribution < 1.29 is 28.2 Å². The van der Waals surface area contributed by atoms with Crippen molar-refractivity contribution in [3.05, 3.63) is 92.2 Å². The van der Waals surface area contributed by atoms with E-state index in [0.717, 1.165) is 40.0 Å². The summed E-state index contributed by atoms with van der Waals surface area (Å²) in [6.45, 7) is 16.2. The van der Waals surface area contributed by atoms with E-state index in [2.05, 4.69) is 18.9 Å². The highest BCUT2D eigenvalue weighted by Crippen LogP contribution is 2.35. The van der Waals surface area contributed by atoms with E-state index >= 15 is 0 Å². The number of aryl methyl sites for hydroxylation is 2. The molecule has 0 aliphatic carbocycles. The van der Waals surface area contributed by atoms with Crippen LogP contribution in [0.4, 0.5) is 11.4 Å². The largest absolute Gasteiger partial charge is 0.489 e. The van der Waals surface area contributed by atoms with Crippen LogP contribution in [0.3, 0.4) is 0 Å². The number of aromatic nitrogens is 2. The quantitative estimate of drug-likeness (QED) is 0.114. The van der Waals surface area contributed by atoms with Crippen molar-refractivity contribution in [3.63, 3.8) is 0 Å². The lowest BCUT2D eigenvalue weighted by atomic mass is 9.97. The van der Waals surface area contributed by atoms with E-state index in [1.807, 2.05) is 84.0 Å². The SMILES string of the molecule is CC(C)Oc1cc(-n2nc(C(C)(C)C)oc2=O)c(Cl)cc1Cl.CC1COc2ccccc2N1C(=O)C(Cl)Cl.CCc1cccc(CC)c1N(COC)C(=O)CCl. The first kappa shape index (κ1) is 46.9. The molecule has 2 heterocycles. The Bertz CT molecular complexity index is 1970. The van der Waals surface area contributed by atoms with Crippen LogP contribution in [0, 0.1) is 0 Å². The maximum absolute atomic E-state index is 12.1. The molecule has 1 aliphatic heterocycles. The molecule has 3 aromatic carbocycles. The van der Waals surface area contributed by atoms with Crippen molar-refractivity contribution >= 4 is 81.2 Å². The molecule has 0 radical (unpaired) electrons. The summed E-state index contributed by atoms with van der Waals surface area (Å²) in [5.41, 5.74) is 3.94. The number of methoxy groups -OCH3 is 1.